The molecule has 3 heterocycles. The van der Waals surface area contributed by atoms with Crippen LogP contribution in [0.1, 0.15) is 5.01 Å². The van der Waals surface area contributed by atoms with Crippen LogP contribution >= 0.6 is 22.9 Å². The lowest BCUT2D eigenvalue weighted by atomic mass is 10.2. The number of thiazole rings is 1. The molecule has 7 heteroatoms. The van der Waals surface area contributed by atoms with Crippen LogP contribution in [0.15, 0.2) is 60.9 Å². The lowest BCUT2D eigenvalue weighted by molar-refractivity contribution is 0.630. The predicted molar refractivity (Wildman–Crippen MR) is 106 cm³/mol. The summed E-state index contributed by atoms with van der Waals surface area (Å²) in [6.07, 6.45) is 3.84. The summed E-state index contributed by atoms with van der Waals surface area (Å²) in [5, 5.41) is 1.69. The summed E-state index contributed by atoms with van der Waals surface area (Å²) < 4.78 is 17.1. The van der Waals surface area contributed by atoms with E-state index in [0.29, 0.717) is 23.0 Å². The second-order valence-corrected chi connectivity index (χ2v) is 7.69. The number of hydrogen-bond donors (Lipinski definition) is 0. The second kappa shape index (κ2) is 6.40. The molecule has 2 aromatic carbocycles. The van der Waals surface area contributed by atoms with Crippen LogP contribution in [-0.2, 0) is 6.54 Å². The number of hydrogen-bond acceptors (Lipinski definition) is 4. The molecule has 0 unspecified atom stereocenters. The molecule has 27 heavy (non-hydrogen) atoms. The first-order valence-corrected chi connectivity index (χ1v) is 9.48. The Bertz CT molecular complexity index is 1250. The molecule has 0 saturated carbocycles. The molecule has 0 saturated heterocycles. The standard InChI is InChI=1S/C20H12ClFN4S/c21-12-5-6-16-18(9-12)27-19(23-16)11-26-8-7-15-17(10-26)25-20(24-15)13-3-1-2-4-14(13)22/h1-10H,11H2. The van der Waals surface area contributed by atoms with E-state index in [1.54, 1.807) is 29.5 Å². The molecule has 4 nitrogen and oxygen atoms in total. The molecule has 0 atom stereocenters. The zero-order valence-electron chi connectivity index (χ0n) is 13.9. The van der Waals surface area contributed by atoms with Crippen LogP contribution in [0, 0.1) is 5.82 Å². The van der Waals surface area contributed by atoms with E-state index in [-0.39, 0.29) is 5.82 Å². The summed E-state index contributed by atoms with van der Waals surface area (Å²) in [6, 6.07) is 14.1. The Balaban J connectivity index is 1.49. The first-order chi connectivity index (χ1) is 13.2. The van der Waals surface area contributed by atoms with Gasteiger partial charge >= 0.3 is 0 Å². The van der Waals surface area contributed by atoms with Crippen molar-refractivity contribution in [2.45, 2.75) is 6.54 Å². The van der Waals surface area contributed by atoms with Gasteiger partial charge in [-0.1, -0.05) is 23.7 Å². The molecule has 3 aromatic rings. The van der Waals surface area contributed by atoms with Gasteiger partial charge in [0, 0.05) is 17.4 Å². The van der Waals surface area contributed by atoms with Gasteiger partial charge in [0.25, 0.3) is 0 Å². The highest BCUT2D eigenvalue weighted by molar-refractivity contribution is 7.18. The highest BCUT2D eigenvalue weighted by atomic mass is 35.5. The number of imidazole rings is 1. The Kier molecular flexibility index (Phi) is 3.88. The summed E-state index contributed by atoms with van der Waals surface area (Å²) in [5.41, 5.74) is 2.81. The number of pyridine rings is 1. The fraction of sp³-hybridized carbons (Fsp3) is 0.0500. The molecule has 0 amide bonds. The summed E-state index contributed by atoms with van der Waals surface area (Å²) >= 11 is 7.66. The molecule has 5 rings (SSSR count). The molecule has 0 fully saturated rings. The highest BCUT2D eigenvalue weighted by Crippen LogP contribution is 2.28. The fourth-order valence-corrected chi connectivity index (χ4v) is 4.24. The number of halogens is 2. The first kappa shape index (κ1) is 16.4. The third kappa shape index (κ3) is 3.07. The first-order valence-electron chi connectivity index (χ1n) is 8.29. The molecule has 0 spiro atoms. The van der Waals surface area contributed by atoms with Crippen molar-refractivity contribution in [3.8, 4) is 22.8 Å². The van der Waals surface area contributed by atoms with Gasteiger partial charge in [0.05, 0.1) is 28.0 Å². The van der Waals surface area contributed by atoms with Crippen molar-refractivity contribution >= 4 is 33.2 Å². The predicted octanol–water partition coefficient (Wildman–Crippen LogP) is 5.50. The molecule has 2 aliphatic heterocycles. The normalized spacial score (nSPS) is 11.5. The largest absolute Gasteiger partial charge is 0.345 e. The molecule has 0 aliphatic carbocycles. The number of benzene rings is 2. The maximum absolute atomic E-state index is 14.0. The van der Waals surface area contributed by atoms with E-state index in [1.807, 2.05) is 41.2 Å². The van der Waals surface area contributed by atoms with Gasteiger partial charge in [0.15, 0.2) is 5.82 Å². The molecular weight excluding hydrogens is 383 g/mol. The minimum absolute atomic E-state index is 0.325. The fourth-order valence-electron chi connectivity index (χ4n) is 2.98. The van der Waals surface area contributed by atoms with Crippen molar-refractivity contribution in [3.05, 3.63) is 76.8 Å². The van der Waals surface area contributed by atoms with E-state index in [4.69, 9.17) is 11.6 Å². The van der Waals surface area contributed by atoms with Crippen molar-refractivity contribution in [1.29, 1.82) is 0 Å². The maximum Gasteiger partial charge on any atom is 0.163 e. The van der Waals surface area contributed by atoms with Crippen LogP contribution in [0.5, 0.6) is 0 Å². The van der Waals surface area contributed by atoms with Crippen molar-refractivity contribution in [1.82, 2.24) is 19.5 Å². The Hall–Kier alpha value is -2.83. The molecular formula is C20H12ClFN4S. The van der Waals surface area contributed by atoms with Gasteiger partial charge in [-0.3, -0.25) is 0 Å². The third-order valence-electron chi connectivity index (χ3n) is 4.25. The van der Waals surface area contributed by atoms with Crippen molar-refractivity contribution in [2.24, 2.45) is 0 Å². The van der Waals surface area contributed by atoms with E-state index in [9.17, 15) is 4.39 Å². The molecule has 132 valence electrons. The monoisotopic (exact) mass is 394 g/mol. The zero-order chi connectivity index (χ0) is 18.4. The lowest BCUT2D eigenvalue weighted by Crippen LogP contribution is -2.00. The average Bonchev–Trinajstić information content (AvgIpc) is 3.24. The van der Waals surface area contributed by atoms with Crippen molar-refractivity contribution in [2.75, 3.05) is 0 Å². The van der Waals surface area contributed by atoms with E-state index in [0.717, 1.165) is 26.6 Å². The van der Waals surface area contributed by atoms with Gasteiger partial charge in [-0.2, -0.15) is 0 Å². The van der Waals surface area contributed by atoms with Gasteiger partial charge in [-0.25, -0.2) is 19.3 Å². The van der Waals surface area contributed by atoms with E-state index >= 15 is 0 Å². The lowest BCUT2D eigenvalue weighted by Gasteiger charge is -2.05. The smallest absolute Gasteiger partial charge is 0.163 e. The Morgan fingerprint density at radius 1 is 1.00 bits per heavy atom. The van der Waals surface area contributed by atoms with Crippen LogP contribution in [0.25, 0.3) is 33.0 Å². The average molecular weight is 395 g/mol. The maximum atomic E-state index is 14.0. The van der Waals surface area contributed by atoms with Crippen LogP contribution in [0.2, 0.25) is 5.02 Å². The summed E-state index contributed by atoms with van der Waals surface area (Å²) in [4.78, 5) is 13.6. The molecule has 0 radical (unpaired) electrons. The van der Waals surface area contributed by atoms with Crippen LogP contribution in [0.3, 0.4) is 0 Å². The number of rotatable bonds is 3. The summed E-state index contributed by atoms with van der Waals surface area (Å²) in [7, 11) is 0. The minimum atomic E-state index is -0.325. The van der Waals surface area contributed by atoms with Crippen molar-refractivity contribution < 1.29 is 4.39 Å². The van der Waals surface area contributed by atoms with E-state index in [1.165, 1.54) is 6.07 Å². The summed E-state index contributed by atoms with van der Waals surface area (Å²) in [5.74, 6) is 0.0734. The Morgan fingerprint density at radius 2 is 1.85 bits per heavy atom. The van der Waals surface area contributed by atoms with Crippen molar-refractivity contribution in [3.63, 3.8) is 0 Å². The number of nitrogens with zero attached hydrogens (tertiary/aromatic N) is 4. The minimum Gasteiger partial charge on any atom is -0.345 e. The van der Waals surface area contributed by atoms with Crippen LogP contribution in [-0.4, -0.2) is 19.5 Å². The van der Waals surface area contributed by atoms with Gasteiger partial charge in [-0.15, -0.1) is 11.3 Å². The second-order valence-electron chi connectivity index (χ2n) is 6.13. The third-order valence-corrected chi connectivity index (χ3v) is 5.49. The van der Waals surface area contributed by atoms with Gasteiger partial charge in [0.1, 0.15) is 16.5 Å². The summed E-state index contributed by atoms with van der Waals surface area (Å²) in [6.45, 7) is 0.620. The topological polar surface area (TPSA) is 43.6 Å². The van der Waals surface area contributed by atoms with Crippen LogP contribution in [0.4, 0.5) is 4.39 Å². The van der Waals surface area contributed by atoms with E-state index < -0.39 is 0 Å². The molecule has 1 aromatic heterocycles. The Morgan fingerprint density at radius 3 is 2.74 bits per heavy atom. The number of fused-ring (bicyclic) bond motifs is 2. The van der Waals surface area contributed by atoms with Gasteiger partial charge < -0.3 is 4.57 Å². The molecule has 2 aliphatic rings. The molecule has 0 N–H and O–H groups in total. The van der Waals surface area contributed by atoms with E-state index in [2.05, 4.69) is 15.0 Å². The zero-order valence-corrected chi connectivity index (χ0v) is 15.5. The van der Waals surface area contributed by atoms with Gasteiger partial charge in [-0.05, 0) is 36.4 Å². The van der Waals surface area contributed by atoms with Gasteiger partial charge in [0.2, 0.25) is 0 Å². The molecule has 0 bridgehead atoms. The quantitative estimate of drug-likeness (QED) is 0.406. The highest BCUT2D eigenvalue weighted by Gasteiger charge is 2.15. The SMILES string of the molecule is Fc1ccccc1-c1nc2ccn(Cc3nc4ccc(Cl)cc4s3)cc-2n1. The van der Waals surface area contributed by atoms with Crippen LogP contribution < -0.4 is 0 Å². The Labute approximate surface area is 163 Å². The number of aromatic nitrogens is 4.